The van der Waals surface area contributed by atoms with Crippen LogP contribution in [0.4, 0.5) is 0 Å². The van der Waals surface area contributed by atoms with Crippen LogP contribution in [0.25, 0.3) is 0 Å². The smallest absolute Gasteiger partial charge is 0.306 e. The Bertz CT molecular complexity index is 1050. The maximum atomic E-state index is 12.8. The van der Waals surface area contributed by atoms with Gasteiger partial charge in [-0.3, -0.25) is 14.4 Å². The first-order valence-electron chi connectivity index (χ1n) is 27.0. The second kappa shape index (κ2) is 51.3. The molecule has 0 aliphatic rings. The normalized spacial score (nSPS) is 12.2. The summed E-state index contributed by atoms with van der Waals surface area (Å²) in [5.74, 6) is -0.881. The lowest BCUT2D eigenvalue weighted by Gasteiger charge is -2.18. The molecule has 362 valence electrons. The molecule has 62 heavy (non-hydrogen) atoms. The highest BCUT2D eigenvalue weighted by Crippen LogP contribution is 2.15. The van der Waals surface area contributed by atoms with E-state index in [2.05, 4.69) is 57.2 Å². The average Bonchev–Trinajstić information content (AvgIpc) is 3.27. The van der Waals surface area contributed by atoms with Gasteiger partial charge < -0.3 is 14.2 Å². The van der Waals surface area contributed by atoms with Crippen LogP contribution in [0.15, 0.2) is 36.5 Å². The third kappa shape index (κ3) is 48.7. The number of hydrogen-bond acceptors (Lipinski definition) is 6. The van der Waals surface area contributed by atoms with Crippen LogP contribution in [0.1, 0.15) is 284 Å². The Labute approximate surface area is 385 Å². The van der Waals surface area contributed by atoms with Gasteiger partial charge >= 0.3 is 17.9 Å². The van der Waals surface area contributed by atoms with Crippen molar-refractivity contribution in [1.82, 2.24) is 0 Å². The number of esters is 3. The molecule has 0 radical (unpaired) electrons. The molecule has 0 bridgehead atoms. The second-order valence-electron chi connectivity index (χ2n) is 18.1. The Morgan fingerprint density at radius 3 is 0.935 bits per heavy atom. The fourth-order valence-electron chi connectivity index (χ4n) is 7.76. The van der Waals surface area contributed by atoms with Crippen LogP contribution < -0.4 is 0 Å². The van der Waals surface area contributed by atoms with Gasteiger partial charge in [0.15, 0.2) is 6.10 Å². The maximum Gasteiger partial charge on any atom is 0.306 e. The number of hydrogen-bond donors (Lipinski definition) is 0. The minimum Gasteiger partial charge on any atom is -0.462 e. The number of allylic oxidation sites excluding steroid dienone is 6. The Morgan fingerprint density at radius 2 is 0.581 bits per heavy atom. The summed E-state index contributed by atoms with van der Waals surface area (Å²) in [6.07, 6.45) is 59.8. The number of carbonyl (C=O) groups excluding carboxylic acids is 3. The van der Waals surface area contributed by atoms with Gasteiger partial charge in [0, 0.05) is 19.3 Å². The van der Waals surface area contributed by atoms with Gasteiger partial charge in [0.25, 0.3) is 0 Å². The van der Waals surface area contributed by atoms with Crippen LogP contribution in [0.3, 0.4) is 0 Å². The molecule has 0 N–H and O–H groups in total. The summed E-state index contributed by atoms with van der Waals surface area (Å²) in [6, 6.07) is 0. The molecule has 0 aromatic carbocycles. The van der Waals surface area contributed by atoms with Crippen LogP contribution in [0.5, 0.6) is 0 Å². The Kier molecular flexibility index (Phi) is 49.3. The summed E-state index contributed by atoms with van der Waals surface area (Å²) in [5.41, 5.74) is 0. The monoisotopic (exact) mass is 871 g/mol. The Balaban J connectivity index is 4.35. The average molecular weight is 871 g/mol. The van der Waals surface area contributed by atoms with Gasteiger partial charge in [0.2, 0.25) is 0 Å². The van der Waals surface area contributed by atoms with Crippen molar-refractivity contribution in [2.75, 3.05) is 13.2 Å². The number of ether oxygens (including phenoxy) is 3. The summed E-state index contributed by atoms with van der Waals surface area (Å²) < 4.78 is 16.8. The van der Waals surface area contributed by atoms with E-state index in [9.17, 15) is 14.4 Å². The van der Waals surface area contributed by atoms with E-state index >= 15 is 0 Å². The molecule has 6 heteroatoms. The van der Waals surface area contributed by atoms with Crippen molar-refractivity contribution >= 4 is 17.9 Å². The summed E-state index contributed by atoms with van der Waals surface area (Å²) in [6.45, 7) is 6.61. The molecule has 0 heterocycles. The zero-order valence-electron chi connectivity index (χ0n) is 41.4. The van der Waals surface area contributed by atoms with E-state index in [1.54, 1.807) is 0 Å². The van der Waals surface area contributed by atoms with Crippen molar-refractivity contribution in [2.24, 2.45) is 0 Å². The highest BCUT2D eigenvalue weighted by atomic mass is 16.6. The molecule has 0 aromatic rings. The van der Waals surface area contributed by atoms with Gasteiger partial charge in [-0.1, -0.05) is 224 Å². The van der Waals surface area contributed by atoms with Crippen LogP contribution >= 0.6 is 0 Å². The molecular formula is C56H102O6. The molecule has 0 amide bonds. The first kappa shape index (κ1) is 59.6. The lowest BCUT2D eigenvalue weighted by Crippen LogP contribution is -2.30. The van der Waals surface area contributed by atoms with Crippen LogP contribution in [0, 0.1) is 0 Å². The SMILES string of the molecule is CCCCC/C=C\C/C=C\CCCCCCCCCC(=O)OCC(COC(=O)CCCCCCCCCCCCC)OC(=O)CCCCCCC/C=C\CCCCCCCCC. The van der Waals surface area contributed by atoms with Crippen molar-refractivity contribution in [3.63, 3.8) is 0 Å². The Morgan fingerprint density at radius 1 is 0.323 bits per heavy atom. The maximum absolute atomic E-state index is 12.8. The van der Waals surface area contributed by atoms with Gasteiger partial charge in [-0.2, -0.15) is 0 Å². The minimum absolute atomic E-state index is 0.0751. The van der Waals surface area contributed by atoms with Crippen LogP contribution in [-0.2, 0) is 28.6 Å². The van der Waals surface area contributed by atoms with E-state index in [1.807, 2.05) is 0 Å². The predicted molar refractivity (Wildman–Crippen MR) is 266 cm³/mol. The molecule has 0 aliphatic carbocycles. The van der Waals surface area contributed by atoms with E-state index in [4.69, 9.17) is 14.2 Å². The molecule has 1 atom stereocenters. The molecule has 1 unspecified atom stereocenters. The van der Waals surface area contributed by atoms with Gasteiger partial charge in [-0.25, -0.2) is 0 Å². The van der Waals surface area contributed by atoms with Crippen molar-refractivity contribution < 1.29 is 28.6 Å². The third-order valence-corrected chi connectivity index (χ3v) is 11.9. The summed E-state index contributed by atoms with van der Waals surface area (Å²) >= 11 is 0. The van der Waals surface area contributed by atoms with Crippen molar-refractivity contribution in [2.45, 2.75) is 290 Å². The fourth-order valence-corrected chi connectivity index (χ4v) is 7.76. The predicted octanol–water partition coefficient (Wildman–Crippen LogP) is 17.7. The van der Waals surface area contributed by atoms with Gasteiger partial charge in [0.05, 0.1) is 0 Å². The zero-order valence-corrected chi connectivity index (χ0v) is 41.4. The number of unbranched alkanes of at least 4 members (excludes halogenated alkanes) is 32. The van der Waals surface area contributed by atoms with Gasteiger partial charge in [-0.15, -0.1) is 0 Å². The topological polar surface area (TPSA) is 78.9 Å². The van der Waals surface area contributed by atoms with E-state index in [-0.39, 0.29) is 31.1 Å². The molecule has 0 aromatic heterocycles. The van der Waals surface area contributed by atoms with E-state index in [0.717, 1.165) is 77.0 Å². The van der Waals surface area contributed by atoms with Crippen molar-refractivity contribution in [3.8, 4) is 0 Å². The quantitative estimate of drug-likeness (QED) is 0.0262. The molecule has 0 fully saturated rings. The van der Waals surface area contributed by atoms with E-state index < -0.39 is 6.10 Å². The fraction of sp³-hybridized carbons (Fsp3) is 0.839. The first-order valence-corrected chi connectivity index (χ1v) is 27.0. The largest absolute Gasteiger partial charge is 0.462 e. The first-order chi connectivity index (χ1) is 30.5. The standard InChI is InChI=1S/C56H102O6/c1-4-7-10-13-16-19-22-24-26-28-30-31-34-37-40-43-46-49-55(58)61-52-53(51-60-54(57)48-45-42-39-36-33-21-18-15-12-9-6-3)62-56(59)50-47-44-41-38-35-32-29-27-25-23-20-17-14-11-8-5-2/h16,19,24,26-27,29,53H,4-15,17-18,20-23,25,28,30-52H2,1-3H3/b19-16-,26-24-,29-27-. The molecule has 0 saturated carbocycles. The molecule has 0 aliphatic heterocycles. The van der Waals surface area contributed by atoms with Crippen LogP contribution in [0.2, 0.25) is 0 Å². The summed E-state index contributed by atoms with van der Waals surface area (Å²) in [7, 11) is 0. The lowest BCUT2D eigenvalue weighted by molar-refractivity contribution is -0.167. The Hall–Kier alpha value is -2.37. The highest BCUT2D eigenvalue weighted by molar-refractivity contribution is 5.71. The molecule has 0 spiro atoms. The molecule has 0 saturated heterocycles. The second-order valence-corrected chi connectivity index (χ2v) is 18.1. The van der Waals surface area contributed by atoms with Gasteiger partial charge in [0.1, 0.15) is 13.2 Å². The van der Waals surface area contributed by atoms with Crippen molar-refractivity contribution in [3.05, 3.63) is 36.5 Å². The van der Waals surface area contributed by atoms with E-state index in [0.29, 0.717) is 19.3 Å². The summed E-state index contributed by atoms with van der Waals surface area (Å²) in [5, 5.41) is 0. The van der Waals surface area contributed by atoms with Crippen LogP contribution in [-0.4, -0.2) is 37.2 Å². The molecule has 0 rings (SSSR count). The lowest BCUT2D eigenvalue weighted by atomic mass is 10.1. The summed E-state index contributed by atoms with van der Waals surface area (Å²) in [4.78, 5) is 38.0. The van der Waals surface area contributed by atoms with E-state index in [1.165, 1.54) is 167 Å². The highest BCUT2D eigenvalue weighted by Gasteiger charge is 2.19. The third-order valence-electron chi connectivity index (χ3n) is 11.9. The number of carbonyl (C=O) groups is 3. The number of rotatable bonds is 49. The van der Waals surface area contributed by atoms with Crippen molar-refractivity contribution in [1.29, 1.82) is 0 Å². The minimum atomic E-state index is -0.776. The molecule has 6 nitrogen and oxygen atoms in total. The molecular weight excluding hydrogens is 769 g/mol. The van der Waals surface area contributed by atoms with Gasteiger partial charge in [-0.05, 0) is 77.0 Å². The zero-order chi connectivity index (χ0) is 45.1.